The molecule has 1 aromatic carbocycles. The molecule has 1 aliphatic rings. The molecule has 1 atom stereocenters. The topological polar surface area (TPSA) is 77.4 Å². The third-order valence-electron chi connectivity index (χ3n) is 5.35. The first-order valence-corrected chi connectivity index (χ1v) is 9.62. The third-order valence-corrected chi connectivity index (χ3v) is 5.35. The van der Waals surface area contributed by atoms with E-state index in [4.69, 9.17) is 0 Å². The molecule has 0 saturated carbocycles. The summed E-state index contributed by atoms with van der Waals surface area (Å²) >= 11 is 0. The number of nitrogens with zero attached hydrogens (tertiary/aromatic N) is 6. The Balaban J connectivity index is 1.97. The van der Waals surface area contributed by atoms with Gasteiger partial charge in [0.15, 0.2) is 11.2 Å². The molecule has 0 bridgehead atoms. The second kappa shape index (κ2) is 6.98. The summed E-state index contributed by atoms with van der Waals surface area (Å²) in [5, 5.41) is 6.39. The summed E-state index contributed by atoms with van der Waals surface area (Å²) in [4.78, 5) is 30.9. The second-order valence-electron chi connectivity index (χ2n) is 7.35. The molecule has 1 unspecified atom stereocenters. The average molecular weight is 398 g/mol. The molecular weight excluding hydrogens is 375 g/mol. The average Bonchev–Trinajstić information content (AvgIpc) is 3.10. The molecule has 152 valence electrons. The van der Waals surface area contributed by atoms with Gasteiger partial charge >= 0.3 is 5.69 Å². The number of hydrogen-bond donors (Lipinski definition) is 0. The fourth-order valence-electron chi connectivity index (χ4n) is 3.66. The second-order valence-corrected chi connectivity index (χ2v) is 7.35. The number of halogens is 1. The number of benzene rings is 1. The quantitative estimate of drug-likeness (QED) is 0.675. The molecule has 0 spiro atoms. The number of hydrazone groups is 1. The van der Waals surface area contributed by atoms with Crippen molar-refractivity contribution in [1.82, 2.24) is 18.7 Å². The number of aryl methyl sites for hydroxylation is 1. The number of fused-ring (bicyclic) bond motifs is 3. The molecule has 8 nitrogen and oxygen atoms in total. The van der Waals surface area contributed by atoms with Crippen LogP contribution >= 0.6 is 0 Å². The molecule has 0 fully saturated rings. The Labute approximate surface area is 166 Å². The summed E-state index contributed by atoms with van der Waals surface area (Å²) in [6, 6.07) is 5.61. The lowest BCUT2D eigenvalue weighted by Gasteiger charge is -2.28. The first kappa shape index (κ1) is 19.1. The van der Waals surface area contributed by atoms with E-state index in [0.29, 0.717) is 29.2 Å². The SMILES string of the molecule is CCCN1N=C(C)C(C)n2c1nc1c2c(=O)n(Cc2ccc(F)cc2)c(=O)n1C. The molecule has 3 aromatic rings. The lowest BCUT2D eigenvalue weighted by Crippen LogP contribution is -2.40. The molecule has 0 N–H and O–H groups in total. The largest absolute Gasteiger partial charge is 0.332 e. The highest BCUT2D eigenvalue weighted by molar-refractivity contribution is 5.91. The van der Waals surface area contributed by atoms with Gasteiger partial charge in [-0.05, 0) is 38.0 Å². The highest BCUT2D eigenvalue weighted by atomic mass is 19.1. The first-order chi connectivity index (χ1) is 13.8. The van der Waals surface area contributed by atoms with Crippen molar-refractivity contribution in [2.45, 2.75) is 39.8 Å². The maximum atomic E-state index is 13.4. The van der Waals surface area contributed by atoms with Gasteiger partial charge in [0, 0.05) is 13.6 Å². The number of rotatable bonds is 4. The Hall–Kier alpha value is -3.23. The molecular formula is C20H23FN6O2. The number of imidazole rings is 1. The van der Waals surface area contributed by atoms with Gasteiger partial charge in [0.25, 0.3) is 5.56 Å². The number of hydrogen-bond acceptors (Lipinski definition) is 5. The number of anilines is 1. The van der Waals surface area contributed by atoms with Gasteiger partial charge in [-0.3, -0.25) is 18.5 Å². The third kappa shape index (κ3) is 2.97. The number of aromatic nitrogens is 4. The molecule has 0 saturated heterocycles. The van der Waals surface area contributed by atoms with Crippen LogP contribution in [0.15, 0.2) is 39.0 Å². The molecule has 3 heterocycles. The Kier molecular flexibility index (Phi) is 4.60. The zero-order chi connectivity index (χ0) is 20.9. The summed E-state index contributed by atoms with van der Waals surface area (Å²) < 4.78 is 17.6. The Bertz CT molecular complexity index is 1240. The Morgan fingerprint density at radius 1 is 1.17 bits per heavy atom. The molecule has 0 aliphatic carbocycles. The summed E-state index contributed by atoms with van der Waals surface area (Å²) in [7, 11) is 1.60. The van der Waals surface area contributed by atoms with Crippen LogP contribution in [0.3, 0.4) is 0 Å². The van der Waals surface area contributed by atoms with Crippen molar-refractivity contribution in [3.05, 3.63) is 56.5 Å². The van der Waals surface area contributed by atoms with Crippen molar-refractivity contribution < 1.29 is 4.39 Å². The van der Waals surface area contributed by atoms with Crippen molar-refractivity contribution >= 4 is 22.8 Å². The lowest BCUT2D eigenvalue weighted by molar-refractivity contribution is 0.618. The van der Waals surface area contributed by atoms with Crippen LogP contribution in [0.1, 0.15) is 38.8 Å². The fourth-order valence-corrected chi connectivity index (χ4v) is 3.66. The minimum atomic E-state index is -0.463. The van der Waals surface area contributed by atoms with Crippen LogP contribution in [-0.2, 0) is 13.6 Å². The monoisotopic (exact) mass is 398 g/mol. The molecule has 1 aliphatic heterocycles. The first-order valence-electron chi connectivity index (χ1n) is 9.62. The standard InChI is InChI=1S/C20H23FN6O2/c1-5-10-26-19-22-17-16(27(19)13(3)12(2)23-26)18(28)25(20(29)24(17)4)11-14-6-8-15(21)9-7-14/h6-9,13H,5,10-11H2,1-4H3. The predicted octanol–water partition coefficient (Wildman–Crippen LogP) is 2.25. The van der Waals surface area contributed by atoms with Gasteiger partial charge in [0.2, 0.25) is 5.95 Å². The van der Waals surface area contributed by atoms with Crippen LogP contribution < -0.4 is 16.3 Å². The fraction of sp³-hybridized carbons (Fsp3) is 0.400. The van der Waals surface area contributed by atoms with Crippen LogP contribution in [0, 0.1) is 5.82 Å². The van der Waals surface area contributed by atoms with Gasteiger partial charge in [-0.25, -0.2) is 14.2 Å². The van der Waals surface area contributed by atoms with Crippen molar-refractivity contribution in [3.63, 3.8) is 0 Å². The maximum absolute atomic E-state index is 13.4. The van der Waals surface area contributed by atoms with Crippen molar-refractivity contribution in [1.29, 1.82) is 0 Å². The van der Waals surface area contributed by atoms with Crippen LogP contribution in [-0.4, -0.2) is 30.9 Å². The van der Waals surface area contributed by atoms with E-state index >= 15 is 0 Å². The van der Waals surface area contributed by atoms with Crippen molar-refractivity contribution in [2.24, 2.45) is 12.1 Å². The van der Waals surface area contributed by atoms with E-state index in [9.17, 15) is 14.0 Å². The van der Waals surface area contributed by atoms with E-state index < -0.39 is 11.2 Å². The van der Waals surface area contributed by atoms with Crippen molar-refractivity contribution in [3.8, 4) is 0 Å². The summed E-state index contributed by atoms with van der Waals surface area (Å²) in [6.45, 7) is 6.64. The van der Waals surface area contributed by atoms with Gasteiger partial charge in [-0.15, -0.1) is 0 Å². The smallest absolute Gasteiger partial charge is 0.294 e. The zero-order valence-corrected chi connectivity index (χ0v) is 16.9. The highest BCUT2D eigenvalue weighted by Gasteiger charge is 2.30. The molecule has 29 heavy (non-hydrogen) atoms. The van der Waals surface area contributed by atoms with Gasteiger partial charge in [0.05, 0.1) is 18.3 Å². The van der Waals surface area contributed by atoms with Crippen LogP contribution in [0.4, 0.5) is 10.3 Å². The minimum absolute atomic E-state index is 0.0579. The minimum Gasteiger partial charge on any atom is -0.294 e. The van der Waals surface area contributed by atoms with E-state index in [1.165, 1.54) is 21.3 Å². The zero-order valence-electron chi connectivity index (χ0n) is 16.9. The van der Waals surface area contributed by atoms with Gasteiger partial charge in [-0.1, -0.05) is 19.1 Å². The summed E-state index contributed by atoms with van der Waals surface area (Å²) in [6.07, 6.45) is 0.863. The molecule has 9 heteroatoms. The Morgan fingerprint density at radius 3 is 2.52 bits per heavy atom. The van der Waals surface area contributed by atoms with E-state index in [1.54, 1.807) is 24.2 Å². The van der Waals surface area contributed by atoms with Crippen LogP contribution in [0.2, 0.25) is 0 Å². The van der Waals surface area contributed by atoms with Crippen LogP contribution in [0.25, 0.3) is 11.2 Å². The lowest BCUT2D eigenvalue weighted by atomic mass is 10.2. The van der Waals surface area contributed by atoms with Gasteiger partial charge in [-0.2, -0.15) is 10.1 Å². The molecule has 0 radical (unpaired) electrons. The van der Waals surface area contributed by atoms with E-state index in [2.05, 4.69) is 10.1 Å². The normalized spacial score (nSPS) is 16.2. The van der Waals surface area contributed by atoms with E-state index in [-0.39, 0.29) is 18.4 Å². The van der Waals surface area contributed by atoms with Crippen molar-refractivity contribution in [2.75, 3.05) is 11.6 Å². The van der Waals surface area contributed by atoms with Gasteiger partial charge < -0.3 is 0 Å². The molecule has 0 amide bonds. The predicted molar refractivity (Wildman–Crippen MR) is 110 cm³/mol. The molecule has 2 aromatic heterocycles. The maximum Gasteiger partial charge on any atom is 0.332 e. The Morgan fingerprint density at radius 2 is 1.86 bits per heavy atom. The highest BCUT2D eigenvalue weighted by Crippen LogP contribution is 2.29. The summed E-state index contributed by atoms with van der Waals surface area (Å²) in [5.74, 6) is 0.195. The van der Waals surface area contributed by atoms with Crippen LogP contribution in [0.5, 0.6) is 0 Å². The van der Waals surface area contributed by atoms with Gasteiger partial charge in [0.1, 0.15) is 5.82 Å². The van der Waals surface area contributed by atoms with E-state index in [1.807, 2.05) is 25.3 Å². The van der Waals surface area contributed by atoms with E-state index in [0.717, 1.165) is 12.1 Å². The summed E-state index contributed by atoms with van der Waals surface area (Å²) in [5.41, 5.74) is 1.36. The molecule has 4 rings (SSSR count).